The third-order valence-electron chi connectivity index (χ3n) is 4.75. The highest BCUT2D eigenvalue weighted by Gasteiger charge is 2.18. The van der Waals surface area contributed by atoms with Crippen molar-refractivity contribution in [1.82, 2.24) is 15.1 Å². The van der Waals surface area contributed by atoms with E-state index < -0.39 is 0 Å². The summed E-state index contributed by atoms with van der Waals surface area (Å²) < 4.78 is 1.98. The number of nitrogens with zero attached hydrogens (tertiary/aromatic N) is 2. The molecule has 0 saturated carbocycles. The number of fused-ring (bicyclic) bond motifs is 1. The second kappa shape index (κ2) is 6.53. The first-order valence-corrected chi connectivity index (χ1v) is 8.22. The molecule has 1 aliphatic rings. The van der Waals surface area contributed by atoms with Gasteiger partial charge in [0.2, 0.25) is 0 Å². The van der Waals surface area contributed by atoms with Gasteiger partial charge in [0.05, 0.1) is 5.69 Å². The van der Waals surface area contributed by atoms with Gasteiger partial charge in [0.1, 0.15) is 0 Å². The first kappa shape index (κ1) is 15.1. The van der Waals surface area contributed by atoms with Crippen molar-refractivity contribution in [3.8, 4) is 0 Å². The van der Waals surface area contributed by atoms with Crippen LogP contribution in [0, 0.1) is 13.8 Å². The lowest BCUT2D eigenvalue weighted by molar-refractivity contribution is 0.501. The van der Waals surface area contributed by atoms with Crippen LogP contribution in [0.15, 0.2) is 24.3 Å². The highest BCUT2D eigenvalue weighted by atomic mass is 15.3. The van der Waals surface area contributed by atoms with Crippen LogP contribution >= 0.6 is 0 Å². The molecule has 0 fully saturated rings. The SMILES string of the molecule is Cc1nn(C)c(C)c1CCNC1CCCNc2ccccc21. The van der Waals surface area contributed by atoms with E-state index in [-0.39, 0.29) is 0 Å². The molecule has 1 aliphatic heterocycles. The standard InChI is InChI=1S/C18H26N4/c1-13-15(14(2)22(3)21-13)10-12-20-18-9-6-11-19-17-8-5-4-7-16(17)18/h4-5,7-8,18-20H,6,9-12H2,1-3H3. The maximum absolute atomic E-state index is 4.51. The van der Waals surface area contributed by atoms with Gasteiger partial charge in [-0.1, -0.05) is 18.2 Å². The number of hydrogen-bond donors (Lipinski definition) is 2. The lowest BCUT2D eigenvalue weighted by atomic mass is 10.0. The number of rotatable bonds is 4. The Morgan fingerprint density at radius 2 is 2.14 bits per heavy atom. The third-order valence-corrected chi connectivity index (χ3v) is 4.75. The number of para-hydroxylation sites is 1. The van der Waals surface area contributed by atoms with Crippen molar-refractivity contribution in [2.45, 2.75) is 39.2 Å². The Hall–Kier alpha value is -1.81. The van der Waals surface area contributed by atoms with Crippen LogP contribution in [-0.2, 0) is 13.5 Å². The molecule has 2 N–H and O–H groups in total. The maximum Gasteiger partial charge on any atom is 0.0628 e. The normalized spacial score (nSPS) is 17.7. The van der Waals surface area contributed by atoms with Gasteiger partial charge in [-0.15, -0.1) is 0 Å². The molecule has 4 heteroatoms. The summed E-state index contributed by atoms with van der Waals surface area (Å²) in [7, 11) is 2.02. The molecule has 1 unspecified atom stereocenters. The molecule has 1 aromatic carbocycles. The predicted molar refractivity (Wildman–Crippen MR) is 91.3 cm³/mol. The van der Waals surface area contributed by atoms with Gasteiger partial charge in [-0.05, 0) is 56.8 Å². The minimum Gasteiger partial charge on any atom is -0.385 e. The van der Waals surface area contributed by atoms with E-state index in [1.54, 1.807) is 0 Å². The Morgan fingerprint density at radius 1 is 1.32 bits per heavy atom. The monoisotopic (exact) mass is 298 g/mol. The van der Waals surface area contributed by atoms with Crippen molar-refractivity contribution in [3.63, 3.8) is 0 Å². The molecule has 118 valence electrons. The third kappa shape index (κ3) is 3.02. The molecule has 1 atom stereocenters. The number of benzene rings is 1. The summed E-state index contributed by atoms with van der Waals surface area (Å²) in [6, 6.07) is 9.12. The summed E-state index contributed by atoms with van der Waals surface area (Å²) in [5, 5.41) is 11.8. The molecular weight excluding hydrogens is 272 g/mol. The number of anilines is 1. The second-order valence-corrected chi connectivity index (χ2v) is 6.19. The Kier molecular flexibility index (Phi) is 4.48. The van der Waals surface area contributed by atoms with Crippen molar-refractivity contribution in [1.29, 1.82) is 0 Å². The fourth-order valence-corrected chi connectivity index (χ4v) is 3.41. The summed E-state index contributed by atoms with van der Waals surface area (Å²) in [4.78, 5) is 0. The van der Waals surface area contributed by atoms with Crippen LogP contribution < -0.4 is 10.6 Å². The number of nitrogens with one attached hydrogen (secondary N) is 2. The lowest BCUT2D eigenvalue weighted by Crippen LogP contribution is -2.24. The van der Waals surface area contributed by atoms with Crippen LogP contribution in [-0.4, -0.2) is 22.9 Å². The maximum atomic E-state index is 4.51. The molecule has 0 aliphatic carbocycles. The van der Waals surface area contributed by atoms with Crippen LogP contribution in [0.2, 0.25) is 0 Å². The van der Waals surface area contributed by atoms with Gasteiger partial charge < -0.3 is 10.6 Å². The van der Waals surface area contributed by atoms with Gasteiger partial charge in [-0.3, -0.25) is 4.68 Å². The van der Waals surface area contributed by atoms with Crippen molar-refractivity contribution in [3.05, 3.63) is 46.8 Å². The molecule has 0 radical (unpaired) electrons. The number of aromatic nitrogens is 2. The Labute approximate surface area is 132 Å². The van der Waals surface area contributed by atoms with E-state index in [4.69, 9.17) is 0 Å². The fraction of sp³-hybridized carbons (Fsp3) is 0.500. The molecular formula is C18H26N4. The zero-order valence-electron chi connectivity index (χ0n) is 13.8. The molecule has 0 bridgehead atoms. The molecule has 0 amide bonds. The van der Waals surface area contributed by atoms with Crippen LogP contribution in [0.4, 0.5) is 5.69 Å². The fourth-order valence-electron chi connectivity index (χ4n) is 3.41. The smallest absolute Gasteiger partial charge is 0.0628 e. The molecule has 1 aromatic heterocycles. The molecule has 3 rings (SSSR count). The average molecular weight is 298 g/mol. The average Bonchev–Trinajstić information content (AvgIpc) is 2.69. The largest absolute Gasteiger partial charge is 0.385 e. The number of aryl methyl sites for hydroxylation is 2. The van der Waals surface area contributed by atoms with Crippen LogP contribution in [0.25, 0.3) is 0 Å². The van der Waals surface area contributed by atoms with Crippen LogP contribution in [0.3, 0.4) is 0 Å². The van der Waals surface area contributed by atoms with E-state index in [0.717, 1.165) is 25.2 Å². The van der Waals surface area contributed by atoms with Gasteiger partial charge in [-0.2, -0.15) is 5.10 Å². The quantitative estimate of drug-likeness (QED) is 0.911. The predicted octanol–water partition coefficient (Wildman–Crippen LogP) is 3.12. The summed E-state index contributed by atoms with van der Waals surface area (Å²) in [5.41, 5.74) is 6.51. The van der Waals surface area contributed by atoms with Gasteiger partial charge >= 0.3 is 0 Å². The van der Waals surface area contributed by atoms with E-state index in [9.17, 15) is 0 Å². The van der Waals surface area contributed by atoms with E-state index in [1.807, 2.05) is 11.7 Å². The minimum atomic E-state index is 0.448. The first-order chi connectivity index (χ1) is 10.7. The zero-order valence-corrected chi connectivity index (χ0v) is 13.8. The van der Waals surface area contributed by atoms with Gasteiger partial charge in [0.25, 0.3) is 0 Å². The van der Waals surface area contributed by atoms with Gasteiger partial charge in [-0.25, -0.2) is 0 Å². The van der Waals surface area contributed by atoms with Crippen molar-refractivity contribution >= 4 is 5.69 Å². The van der Waals surface area contributed by atoms with Crippen molar-refractivity contribution in [2.75, 3.05) is 18.4 Å². The topological polar surface area (TPSA) is 41.9 Å². The van der Waals surface area contributed by atoms with E-state index in [1.165, 1.54) is 35.3 Å². The van der Waals surface area contributed by atoms with Gasteiger partial charge in [0.15, 0.2) is 0 Å². The molecule has 0 spiro atoms. The highest BCUT2D eigenvalue weighted by molar-refractivity contribution is 5.53. The minimum absolute atomic E-state index is 0.448. The molecule has 0 saturated heterocycles. The Balaban J connectivity index is 1.66. The Morgan fingerprint density at radius 3 is 2.91 bits per heavy atom. The van der Waals surface area contributed by atoms with E-state index >= 15 is 0 Å². The number of hydrogen-bond acceptors (Lipinski definition) is 3. The molecule has 2 aromatic rings. The first-order valence-electron chi connectivity index (χ1n) is 8.22. The molecule has 22 heavy (non-hydrogen) atoms. The van der Waals surface area contributed by atoms with E-state index in [0.29, 0.717) is 6.04 Å². The molecule has 4 nitrogen and oxygen atoms in total. The highest BCUT2D eigenvalue weighted by Crippen LogP contribution is 2.29. The van der Waals surface area contributed by atoms with E-state index in [2.05, 4.69) is 53.8 Å². The second-order valence-electron chi connectivity index (χ2n) is 6.19. The summed E-state index contributed by atoms with van der Waals surface area (Å²) in [5.74, 6) is 0. The summed E-state index contributed by atoms with van der Waals surface area (Å²) in [6.45, 7) is 6.32. The van der Waals surface area contributed by atoms with Crippen molar-refractivity contribution in [2.24, 2.45) is 7.05 Å². The van der Waals surface area contributed by atoms with Gasteiger partial charge in [0, 0.05) is 31.0 Å². The lowest BCUT2D eigenvalue weighted by Gasteiger charge is -2.19. The summed E-state index contributed by atoms with van der Waals surface area (Å²) >= 11 is 0. The zero-order chi connectivity index (χ0) is 15.5. The molecule has 2 heterocycles. The van der Waals surface area contributed by atoms with Crippen LogP contribution in [0.1, 0.15) is 41.4 Å². The Bertz CT molecular complexity index is 645. The van der Waals surface area contributed by atoms with Crippen LogP contribution in [0.5, 0.6) is 0 Å². The van der Waals surface area contributed by atoms with Crippen molar-refractivity contribution < 1.29 is 0 Å². The summed E-state index contributed by atoms with van der Waals surface area (Å²) in [6.07, 6.45) is 3.43.